The van der Waals surface area contributed by atoms with Gasteiger partial charge in [0.2, 0.25) is 0 Å². The van der Waals surface area contributed by atoms with E-state index in [9.17, 15) is 0 Å². The van der Waals surface area contributed by atoms with Crippen LogP contribution < -0.4 is 5.73 Å². The maximum absolute atomic E-state index is 6.19. The van der Waals surface area contributed by atoms with Crippen molar-refractivity contribution >= 4 is 0 Å². The lowest BCUT2D eigenvalue weighted by molar-refractivity contribution is 0.248. The average molecular weight is 204 g/mol. The van der Waals surface area contributed by atoms with Gasteiger partial charge in [0, 0.05) is 18.6 Å². The van der Waals surface area contributed by atoms with Crippen LogP contribution in [0.2, 0.25) is 0 Å². The molecule has 2 nitrogen and oxygen atoms in total. The van der Waals surface area contributed by atoms with E-state index in [0.29, 0.717) is 12.1 Å². The number of rotatable bonds is 3. The second kappa shape index (κ2) is 4.77. The Kier molecular flexibility index (Phi) is 3.39. The van der Waals surface area contributed by atoms with Gasteiger partial charge in [-0.25, -0.2) is 0 Å². The topological polar surface area (TPSA) is 29.3 Å². The molecule has 0 saturated carbocycles. The van der Waals surface area contributed by atoms with Crippen molar-refractivity contribution in [3.05, 3.63) is 35.9 Å². The first-order valence-electron chi connectivity index (χ1n) is 5.87. The third kappa shape index (κ3) is 2.21. The third-order valence-electron chi connectivity index (χ3n) is 3.20. The van der Waals surface area contributed by atoms with E-state index in [4.69, 9.17) is 5.73 Å². The van der Waals surface area contributed by atoms with Crippen LogP contribution in [0.3, 0.4) is 0 Å². The fraction of sp³-hybridized carbons (Fsp3) is 0.538. The molecule has 1 aliphatic heterocycles. The van der Waals surface area contributed by atoms with Crippen LogP contribution in [0.1, 0.15) is 31.4 Å². The summed E-state index contributed by atoms with van der Waals surface area (Å²) < 4.78 is 0. The lowest BCUT2D eigenvalue weighted by atomic mass is 10.0. The van der Waals surface area contributed by atoms with Crippen LogP contribution in [0.15, 0.2) is 30.3 Å². The van der Waals surface area contributed by atoms with Crippen molar-refractivity contribution in [2.45, 2.75) is 31.8 Å². The first-order valence-corrected chi connectivity index (χ1v) is 5.87. The van der Waals surface area contributed by atoms with Crippen molar-refractivity contribution in [1.82, 2.24) is 4.90 Å². The van der Waals surface area contributed by atoms with Crippen molar-refractivity contribution in [1.29, 1.82) is 0 Å². The molecular weight excluding hydrogens is 184 g/mol. The van der Waals surface area contributed by atoms with E-state index in [-0.39, 0.29) is 0 Å². The zero-order valence-electron chi connectivity index (χ0n) is 9.39. The van der Waals surface area contributed by atoms with Crippen molar-refractivity contribution in [2.24, 2.45) is 5.73 Å². The van der Waals surface area contributed by atoms with Gasteiger partial charge < -0.3 is 5.73 Å². The molecule has 2 atom stereocenters. The Labute approximate surface area is 92.1 Å². The largest absolute Gasteiger partial charge is 0.326 e. The number of likely N-dealkylation sites (tertiary alicyclic amines) is 1. The number of nitrogens with zero attached hydrogens (tertiary/aromatic N) is 1. The predicted molar refractivity (Wildman–Crippen MR) is 63.6 cm³/mol. The summed E-state index contributed by atoms with van der Waals surface area (Å²) in [7, 11) is 0. The fourth-order valence-electron chi connectivity index (χ4n) is 2.53. The summed E-state index contributed by atoms with van der Waals surface area (Å²) in [6.45, 7) is 4.54. The van der Waals surface area contributed by atoms with Crippen molar-refractivity contribution < 1.29 is 0 Å². The Balaban J connectivity index is 2.17. The molecule has 1 aliphatic rings. The molecule has 0 radical (unpaired) electrons. The van der Waals surface area contributed by atoms with Crippen LogP contribution in [0.5, 0.6) is 0 Å². The molecule has 2 rings (SSSR count). The van der Waals surface area contributed by atoms with E-state index in [0.717, 1.165) is 19.5 Å². The Hall–Kier alpha value is -0.860. The van der Waals surface area contributed by atoms with Crippen LogP contribution in [0.4, 0.5) is 0 Å². The quantitative estimate of drug-likeness (QED) is 0.817. The zero-order valence-corrected chi connectivity index (χ0v) is 9.39. The second-order valence-electron chi connectivity index (χ2n) is 4.34. The lowest BCUT2D eigenvalue weighted by Gasteiger charge is -2.26. The highest BCUT2D eigenvalue weighted by Crippen LogP contribution is 2.30. The number of hydrogen-bond acceptors (Lipinski definition) is 2. The highest BCUT2D eigenvalue weighted by atomic mass is 15.2. The van der Waals surface area contributed by atoms with Crippen molar-refractivity contribution in [2.75, 3.05) is 13.1 Å². The van der Waals surface area contributed by atoms with Crippen LogP contribution >= 0.6 is 0 Å². The molecular formula is C13H20N2. The van der Waals surface area contributed by atoms with Gasteiger partial charge in [0.25, 0.3) is 0 Å². The monoisotopic (exact) mass is 204 g/mol. The first kappa shape index (κ1) is 10.7. The number of hydrogen-bond donors (Lipinski definition) is 1. The first-order chi connectivity index (χ1) is 7.33. The van der Waals surface area contributed by atoms with Gasteiger partial charge in [0.15, 0.2) is 0 Å². The van der Waals surface area contributed by atoms with E-state index in [1.54, 1.807) is 0 Å². The van der Waals surface area contributed by atoms with Crippen LogP contribution in [-0.4, -0.2) is 24.0 Å². The molecule has 0 amide bonds. The summed E-state index contributed by atoms with van der Waals surface area (Å²) in [5.41, 5.74) is 7.56. The van der Waals surface area contributed by atoms with Gasteiger partial charge in [-0.3, -0.25) is 4.90 Å². The highest BCUT2D eigenvalue weighted by molar-refractivity contribution is 5.22. The molecule has 1 aromatic rings. The summed E-state index contributed by atoms with van der Waals surface area (Å²) in [4.78, 5) is 2.51. The van der Waals surface area contributed by atoms with Crippen molar-refractivity contribution in [3.8, 4) is 0 Å². The van der Waals surface area contributed by atoms with Gasteiger partial charge >= 0.3 is 0 Å². The molecule has 2 unspecified atom stereocenters. The predicted octanol–water partition coefficient (Wildman–Crippen LogP) is 2.17. The van der Waals surface area contributed by atoms with E-state index in [1.807, 2.05) is 0 Å². The van der Waals surface area contributed by atoms with Gasteiger partial charge in [-0.05, 0) is 24.9 Å². The molecule has 2 N–H and O–H groups in total. The van der Waals surface area contributed by atoms with Crippen LogP contribution in [0, 0.1) is 0 Å². The molecule has 1 heterocycles. The van der Waals surface area contributed by atoms with Crippen LogP contribution in [-0.2, 0) is 0 Å². The molecule has 82 valence electrons. The second-order valence-corrected chi connectivity index (χ2v) is 4.34. The Morgan fingerprint density at radius 1 is 1.33 bits per heavy atom. The van der Waals surface area contributed by atoms with E-state index < -0.39 is 0 Å². The molecule has 1 fully saturated rings. The number of benzene rings is 1. The zero-order chi connectivity index (χ0) is 10.7. The fourth-order valence-corrected chi connectivity index (χ4v) is 2.53. The minimum absolute atomic E-state index is 0.305. The summed E-state index contributed by atoms with van der Waals surface area (Å²) >= 11 is 0. The maximum Gasteiger partial charge on any atom is 0.0499 e. The summed E-state index contributed by atoms with van der Waals surface area (Å²) in [6.07, 6.45) is 2.33. The third-order valence-corrected chi connectivity index (χ3v) is 3.20. The minimum Gasteiger partial charge on any atom is -0.326 e. The van der Waals surface area contributed by atoms with Crippen LogP contribution in [0.25, 0.3) is 0 Å². The number of nitrogens with two attached hydrogens (primary N) is 1. The van der Waals surface area contributed by atoms with Gasteiger partial charge in [0.05, 0.1) is 0 Å². The Morgan fingerprint density at radius 3 is 2.73 bits per heavy atom. The smallest absolute Gasteiger partial charge is 0.0499 e. The summed E-state index contributed by atoms with van der Waals surface area (Å²) in [6, 6.07) is 11.4. The lowest BCUT2D eigenvalue weighted by Crippen LogP contribution is -2.32. The Bertz CT molecular complexity index is 295. The average Bonchev–Trinajstić information content (AvgIpc) is 2.62. The highest BCUT2D eigenvalue weighted by Gasteiger charge is 2.31. The van der Waals surface area contributed by atoms with E-state index >= 15 is 0 Å². The molecule has 0 aliphatic carbocycles. The van der Waals surface area contributed by atoms with E-state index in [1.165, 1.54) is 12.0 Å². The van der Waals surface area contributed by atoms with E-state index in [2.05, 4.69) is 42.2 Å². The summed E-state index contributed by atoms with van der Waals surface area (Å²) in [5, 5.41) is 0. The SMILES string of the molecule is CCCN1CCC(N)C1c1ccccc1. The van der Waals surface area contributed by atoms with Gasteiger partial charge in [-0.2, -0.15) is 0 Å². The molecule has 1 aromatic carbocycles. The molecule has 0 bridgehead atoms. The molecule has 2 heteroatoms. The Morgan fingerprint density at radius 2 is 2.07 bits per heavy atom. The molecule has 1 saturated heterocycles. The molecule has 0 aromatic heterocycles. The van der Waals surface area contributed by atoms with Crippen molar-refractivity contribution in [3.63, 3.8) is 0 Å². The maximum atomic E-state index is 6.19. The standard InChI is InChI=1S/C13H20N2/c1-2-9-15-10-8-12(14)13(15)11-6-4-3-5-7-11/h3-7,12-13H,2,8-10,14H2,1H3. The molecule has 15 heavy (non-hydrogen) atoms. The summed E-state index contributed by atoms with van der Waals surface area (Å²) in [5.74, 6) is 0. The van der Waals surface area contributed by atoms with Gasteiger partial charge in [0.1, 0.15) is 0 Å². The normalized spacial score (nSPS) is 27.1. The van der Waals surface area contributed by atoms with Gasteiger partial charge in [-0.15, -0.1) is 0 Å². The minimum atomic E-state index is 0.305. The van der Waals surface area contributed by atoms with Gasteiger partial charge in [-0.1, -0.05) is 37.3 Å². The molecule has 0 spiro atoms.